The first-order chi connectivity index (χ1) is 17.6. The second kappa shape index (κ2) is 9.71. The van der Waals surface area contributed by atoms with E-state index in [-0.39, 0.29) is 34.7 Å². The monoisotopic (exact) mass is 530 g/mol. The van der Waals surface area contributed by atoms with Crippen LogP contribution in [0.15, 0.2) is 40.1 Å². The number of sulfonamides is 1. The van der Waals surface area contributed by atoms with E-state index in [0.717, 1.165) is 31.7 Å². The van der Waals surface area contributed by atoms with Crippen molar-refractivity contribution in [2.45, 2.75) is 62.4 Å². The minimum absolute atomic E-state index is 0.0168. The maximum absolute atomic E-state index is 14.9. The molecule has 1 aromatic carbocycles. The Kier molecular flexibility index (Phi) is 6.58. The zero-order valence-electron chi connectivity index (χ0n) is 20.1. The number of ether oxygens (including phenoxy) is 1. The number of halogens is 2. The standard InChI is InChI=1S/C24H24F2N6O4S/c1-12(2)22-31-23(36-32-22)13-3-5-14(6-4-13)35-24-15-7-8-28-21(20(15)29-11-30-24)16-9-18(26)19(10-17(16)25)37(27,33)34/h7-14H,3-6H2,1-2H3,(H2,27,33,34). The van der Waals surface area contributed by atoms with Crippen molar-refractivity contribution < 1.29 is 26.5 Å². The Labute approximate surface area is 211 Å². The highest BCUT2D eigenvalue weighted by Crippen LogP contribution is 2.36. The van der Waals surface area contributed by atoms with Gasteiger partial charge in [0.1, 0.15) is 34.5 Å². The van der Waals surface area contributed by atoms with Crippen molar-refractivity contribution >= 4 is 20.9 Å². The van der Waals surface area contributed by atoms with E-state index in [9.17, 15) is 17.2 Å². The van der Waals surface area contributed by atoms with Gasteiger partial charge in [-0.25, -0.2) is 32.3 Å². The zero-order chi connectivity index (χ0) is 26.3. The molecule has 0 atom stereocenters. The lowest BCUT2D eigenvalue weighted by Crippen LogP contribution is -2.24. The van der Waals surface area contributed by atoms with Gasteiger partial charge in [-0.3, -0.25) is 4.98 Å². The fraction of sp³-hybridized carbons (Fsp3) is 0.375. The molecule has 0 amide bonds. The number of nitrogens with two attached hydrogens (primary N) is 1. The van der Waals surface area contributed by atoms with Gasteiger partial charge >= 0.3 is 0 Å². The third kappa shape index (κ3) is 5.01. The lowest BCUT2D eigenvalue weighted by molar-refractivity contribution is 0.135. The van der Waals surface area contributed by atoms with Crippen LogP contribution in [0.2, 0.25) is 0 Å². The molecule has 5 rings (SSSR count). The Morgan fingerprint density at radius 3 is 2.51 bits per heavy atom. The molecule has 1 fully saturated rings. The van der Waals surface area contributed by atoms with Crippen molar-refractivity contribution in [3.63, 3.8) is 0 Å². The summed E-state index contributed by atoms with van der Waals surface area (Å²) in [4.78, 5) is 16.2. The average Bonchev–Trinajstić information content (AvgIpc) is 3.36. The maximum Gasteiger partial charge on any atom is 0.241 e. The molecule has 0 saturated heterocycles. The molecular formula is C24H24F2N6O4S. The molecule has 0 spiro atoms. The molecule has 0 unspecified atom stereocenters. The number of pyridine rings is 1. The van der Waals surface area contributed by atoms with Crippen molar-refractivity contribution in [1.82, 2.24) is 25.1 Å². The maximum atomic E-state index is 14.9. The first-order valence-corrected chi connectivity index (χ1v) is 13.3. The first-order valence-electron chi connectivity index (χ1n) is 11.7. The van der Waals surface area contributed by atoms with E-state index in [2.05, 4.69) is 25.1 Å². The predicted molar refractivity (Wildman–Crippen MR) is 128 cm³/mol. The Bertz CT molecular complexity index is 1570. The quantitative estimate of drug-likeness (QED) is 0.387. The molecule has 13 heteroatoms. The fourth-order valence-corrected chi connectivity index (χ4v) is 5.02. The van der Waals surface area contributed by atoms with Crippen LogP contribution < -0.4 is 9.88 Å². The van der Waals surface area contributed by atoms with E-state index in [1.807, 2.05) is 13.8 Å². The summed E-state index contributed by atoms with van der Waals surface area (Å²) < 4.78 is 64.0. The Morgan fingerprint density at radius 2 is 1.84 bits per heavy atom. The van der Waals surface area contributed by atoms with E-state index in [4.69, 9.17) is 14.4 Å². The van der Waals surface area contributed by atoms with Crippen LogP contribution in [-0.2, 0) is 10.0 Å². The summed E-state index contributed by atoms with van der Waals surface area (Å²) in [5.74, 6) is -0.212. The van der Waals surface area contributed by atoms with Gasteiger partial charge in [-0.15, -0.1) is 0 Å². The van der Waals surface area contributed by atoms with Gasteiger partial charge in [-0.05, 0) is 43.9 Å². The van der Waals surface area contributed by atoms with E-state index in [1.54, 1.807) is 6.07 Å². The minimum Gasteiger partial charge on any atom is -0.474 e. The van der Waals surface area contributed by atoms with Gasteiger partial charge in [0.15, 0.2) is 5.82 Å². The summed E-state index contributed by atoms with van der Waals surface area (Å²) in [7, 11) is -4.44. The predicted octanol–water partition coefficient (Wildman–Crippen LogP) is 4.23. The molecule has 37 heavy (non-hydrogen) atoms. The smallest absolute Gasteiger partial charge is 0.241 e. The summed E-state index contributed by atoms with van der Waals surface area (Å²) in [6, 6.07) is 2.90. The van der Waals surface area contributed by atoms with Gasteiger partial charge in [0.05, 0.1) is 11.1 Å². The van der Waals surface area contributed by atoms with E-state index in [0.29, 0.717) is 29.0 Å². The molecular weight excluding hydrogens is 506 g/mol. The summed E-state index contributed by atoms with van der Waals surface area (Å²) in [6.07, 6.45) is 5.62. The molecule has 1 saturated carbocycles. The number of rotatable bonds is 6. The number of hydrogen-bond donors (Lipinski definition) is 1. The van der Waals surface area contributed by atoms with Crippen LogP contribution >= 0.6 is 0 Å². The molecule has 0 radical (unpaired) electrons. The molecule has 3 heterocycles. The first kappa shape index (κ1) is 25.1. The van der Waals surface area contributed by atoms with Crippen molar-refractivity contribution in [3.05, 3.63) is 54.1 Å². The third-order valence-electron chi connectivity index (χ3n) is 6.38. The molecule has 0 bridgehead atoms. The van der Waals surface area contributed by atoms with Gasteiger partial charge in [0.25, 0.3) is 0 Å². The molecule has 2 N–H and O–H groups in total. The zero-order valence-corrected chi connectivity index (χ0v) is 20.9. The minimum atomic E-state index is -4.44. The Morgan fingerprint density at radius 1 is 1.08 bits per heavy atom. The Balaban J connectivity index is 1.39. The molecule has 3 aromatic heterocycles. The van der Waals surface area contributed by atoms with Crippen molar-refractivity contribution in [3.8, 4) is 17.1 Å². The van der Waals surface area contributed by atoms with Crippen LogP contribution in [0.3, 0.4) is 0 Å². The Hall–Kier alpha value is -3.58. The van der Waals surface area contributed by atoms with Gasteiger partial charge in [0.2, 0.25) is 21.8 Å². The van der Waals surface area contributed by atoms with E-state index < -0.39 is 26.6 Å². The number of fused-ring (bicyclic) bond motifs is 1. The molecule has 0 aliphatic heterocycles. The normalized spacial score (nSPS) is 18.4. The topological polar surface area (TPSA) is 147 Å². The second-order valence-corrected chi connectivity index (χ2v) is 10.8. The summed E-state index contributed by atoms with van der Waals surface area (Å²) in [5.41, 5.74) is -0.0147. The van der Waals surface area contributed by atoms with E-state index >= 15 is 0 Å². The molecule has 1 aliphatic carbocycles. The van der Waals surface area contributed by atoms with Crippen LogP contribution in [0.5, 0.6) is 5.88 Å². The highest BCUT2D eigenvalue weighted by Gasteiger charge is 2.29. The van der Waals surface area contributed by atoms with Gasteiger partial charge in [-0.1, -0.05) is 19.0 Å². The number of nitrogens with zero attached hydrogens (tertiary/aromatic N) is 5. The molecule has 10 nitrogen and oxygen atoms in total. The SMILES string of the molecule is CC(C)c1noc(C2CCC(Oc3ncnc4c(-c5cc(F)c(S(N)(=O)=O)cc5F)nccc34)CC2)n1. The van der Waals surface area contributed by atoms with Crippen molar-refractivity contribution in [2.75, 3.05) is 0 Å². The van der Waals surface area contributed by atoms with Crippen LogP contribution in [0.25, 0.3) is 22.2 Å². The molecule has 194 valence electrons. The van der Waals surface area contributed by atoms with Gasteiger partial charge < -0.3 is 9.26 Å². The third-order valence-corrected chi connectivity index (χ3v) is 7.30. The van der Waals surface area contributed by atoms with E-state index in [1.165, 1.54) is 12.5 Å². The van der Waals surface area contributed by atoms with Crippen LogP contribution in [0.4, 0.5) is 8.78 Å². The van der Waals surface area contributed by atoms with Crippen molar-refractivity contribution in [2.24, 2.45) is 5.14 Å². The van der Waals surface area contributed by atoms with Crippen LogP contribution in [0, 0.1) is 11.6 Å². The summed E-state index contributed by atoms with van der Waals surface area (Å²) in [5, 5.41) is 9.48. The molecule has 4 aromatic rings. The molecule has 1 aliphatic rings. The van der Waals surface area contributed by atoms with Gasteiger partial charge in [0, 0.05) is 23.6 Å². The lowest BCUT2D eigenvalue weighted by atomic mass is 9.87. The van der Waals surface area contributed by atoms with Crippen LogP contribution in [0.1, 0.15) is 63.1 Å². The summed E-state index contributed by atoms with van der Waals surface area (Å²) in [6.45, 7) is 4.02. The highest BCUT2D eigenvalue weighted by atomic mass is 32.2. The summed E-state index contributed by atoms with van der Waals surface area (Å²) >= 11 is 0. The number of aromatic nitrogens is 5. The van der Waals surface area contributed by atoms with Crippen LogP contribution in [-0.4, -0.2) is 39.6 Å². The van der Waals surface area contributed by atoms with Gasteiger partial charge in [-0.2, -0.15) is 4.98 Å². The number of benzene rings is 1. The second-order valence-electron chi connectivity index (χ2n) is 9.28. The number of primary sulfonamides is 1. The van der Waals surface area contributed by atoms with Crippen molar-refractivity contribution in [1.29, 1.82) is 0 Å². The highest BCUT2D eigenvalue weighted by molar-refractivity contribution is 7.89. The largest absolute Gasteiger partial charge is 0.474 e. The average molecular weight is 531 g/mol. The lowest BCUT2D eigenvalue weighted by Gasteiger charge is -2.27. The number of hydrogen-bond acceptors (Lipinski definition) is 9. The fourth-order valence-electron chi connectivity index (χ4n) is 4.42.